The zero-order valence-electron chi connectivity index (χ0n) is 55.1. The van der Waals surface area contributed by atoms with Crippen molar-refractivity contribution in [1.29, 1.82) is 0 Å². The number of nitrogens with two attached hydrogens (primary N) is 4. The molecule has 12 N–H and O–H groups in total. The van der Waals surface area contributed by atoms with Gasteiger partial charge in [-0.1, -0.05) is 84.9 Å². The molecule has 20 nitrogen and oxygen atoms in total. The molecule has 0 aliphatic carbocycles. The Balaban J connectivity index is 0.000000160. The van der Waals surface area contributed by atoms with E-state index >= 15 is 0 Å². The van der Waals surface area contributed by atoms with E-state index in [1.807, 2.05) is 117 Å². The molecule has 4 heterocycles. The number of hydrogen-bond acceptors (Lipinski definition) is 16. The average Bonchev–Trinajstić information content (AvgIpc) is 0.805. The minimum Gasteiger partial charge on any atom is -0.399 e. The Morgan fingerprint density at radius 1 is 0.359 bits per heavy atom. The average molecular weight is 1510 g/mol. The fourth-order valence-electron chi connectivity index (χ4n) is 9.48. The van der Waals surface area contributed by atoms with Crippen LogP contribution in [0.2, 0.25) is 0 Å². The molecule has 12 aromatic rings. The summed E-state index contributed by atoms with van der Waals surface area (Å²) in [7, 11) is 0. The maximum Gasteiger partial charge on any atom is 0.256 e. The first-order valence-electron chi connectivity index (χ1n) is 31.0. The van der Waals surface area contributed by atoms with Gasteiger partial charge >= 0.3 is 0 Å². The second kappa shape index (κ2) is 34.5. The van der Waals surface area contributed by atoms with Crippen LogP contribution in [0.3, 0.4) is 0 Å². The number of benzene rings is 8. The van der Waals surface area contributed by atoms with Gasteiger partial charge in [0.1, 0.15) is 0 Å². The van der Waals surface area contributed by atoms with Crippen molar-refractivity contribution in [3.05, 3.63) is 284 Å². The number of nitrogen functional groups attached to an aromatic ring is 4. The van der Waals surface area contributed by atoms with Crippen LogP contribution in [0.4, 0.5) is 76.8 Å². The Kier molecular flexibility index (Phi) is 25.0. The van der Waals surface area contributed by atoms with E-state index in [1.165, 1.54) is 19.2 Å². The van der Waals surface area contributed by atoms with Gasteiger partial charge in [-0.2, -0.15) is 0 Å². The van der Waals surface area contributed by atoms with Gasteiger partial charge in [0.05, 0.1) is 89.6 Å². The number of amides is 4. The van der Waals surface area contributed by atoms with E-state index < -0.39 is 64.5 Å². The summed E-state index contributed by atoms with van der Waals surface area (Å²) in [4.78, 5) is 83.2. The van der Waals surface area contributed by atoms with E-state index in [0.717, 1.165) is 49.3 Å². The Hall–Kier alpha value is -12.6. The number of carbonyl (C=O) groups excluding carboxylic acids is 4. The monoisotopic (exact) mass is 1510 g/mol. The number of rotatable bonds is 15. The minimum atomic E-state index is -2.29. The molecule has 0 saturated heterocycles. The lowest BCUT2D eigenvalue weighted by molar-refractivity contribution is -0.116. The first-order valence-corrected chi connectivity index (χ1v) is 32.1. The Bertz CT molecular complexity index is 5020. The summed E-state index contributed by atoms with van der Waals surface area (Å²) in [5.74, 6) is -13.1. The summed E-state index contributed by atoms with van der Waals surface area (Å²) >= 11 is 2.24. The number of carbonyl (C=O) groups is 4. The SMILES string of the molecule is Cc1nc(-c2ccc(N)cc2)cnc1NC(=O)Cc1c(F)c(F)c(F)c(F)c1F.Cc1nc(-c2ccc(N)cc2)cnc1NC(=O)Cc1ccc(F)c(F)c1.Cc1nc(-c2ccc(N)cc2)cnc1NC(=O)Cc1ccc(I)cc1.Cc1nc(-c2ccc(N)cc2)cnc1NC(=O)c1ccccc1. The molecule has 12 rings (SSSR count). The molecule has 0 bridgehead atoms. The van der Waals surface area contributed by atoms with E-state index in [2.05, 4.69) is 83.7 Å². The first kappa shape index (κ1) is 74.6. The number of hydrogen-bond donors (Lipinski definition) is 8. The van der Waals surface area contributed by atoms with Gasteiger partial charge in [-0.05, 0) is 146 Å². The number of aryl methyl sites for hydroxylation is 4. The van der Waals surface area contributed by atoms with Crippen molar-refractivity contribution in [2.24, 2.45) is 0 Å². The van der Waals surface area contributed by atoms with Crippen LogP contribution in [-0.2, 0) is 33.6 Å². The van der Waals surface area contributed by atoms with Crippen LogP contribution in [0.15, 0.2) is 195 Å². The molecule has 8 aromatic carbocycles. The Morgan fingerprint density at radius 3 is 1.01 bits per heavy atom. The van der Waals surface area contributed by atoms with Crippen molar-refractivity contribution in [3.8, 4) is 45.0 Å². The van der Waals surface area contributed by atoms with E-state index in [-0.39, 0.29) is 29.7 Å². The zero-order chi connectivity index (χ0) is 74.0. The zero-order valence-corrected chi connectivity index (χ0v) is 57.3. The van der Waals surface area contributed by atoms with Gasteiger partial charge < -0.3 is 44.2 Å². The highest BCUT2D eigenvalue weighted by Gasteiger charge is 2.27. The standard InChI is InChI=1S/C19H13F5N4O.C19H16F2N4O.C19H17IN4O.C18H16N4O/c1-8-19(26-7-12(27-8)9-2-4-10(25)5-3-9)28-13(29)6-11-14(20)16(22)18(24)17(23)15(11)21;1-11-19(23-10-17(24-11)13-3-5-14(22)6-4-13)25-18(26)9-12-2-7-15(20)16(21)8-12;1-12-19(24-18(25)10-13-2-6-15(20)7-3-13)22-11-17(23-12)14-4-8-16(21)9-5-14;1-12-17(22-18(23)14-5-3-2-4-6-14)20-11-16(21-12)13-7-9-15(19)10-8-13/h2-5,7H,6,25H2,1H3,(H,26,28,29);2-8,10H,9,22H2,1H3,(H,23,25,26);2-9,11H,10,21H2,1H3,(H,22,24,25);2-11H,19H2,1H3,(H,20,22,23). The fraction of sp³-hybridized carbons (Fsp3) is 0.0933. The van der Waals surface area contributed by atoms with E-state index in [1.54, 1.807) is 74.0 Å². The summed E-state index contributed by atoms with van der Waals surface area (Å²) in [5, 5.41) is 10.5. The molecule has 0 unspecified atom stereocenters. The molecule has 0 saturated carbocycles. The molecule has 28 heteroatoms. The lowest BCUT2D eigenvalue weighted by atomic mass is 10.1. The van der Waals surface area contributed by atoms with Gasteiger partial charge in [0.25, 0.3) is 5.91 Å². The molecular weight excluding hydrogens is 1450 g/mol. The van der Waals surface area contributed by atoms with Crippen LogP contribution >= 0.6 is 22.6 Å². The van der Waals surface area contributed by atoms with Crippen LogP contribution in [0, 0.1) is 72.0 Å². The fourth-order valence-corrected chi connectivity index (χ4v) is 9.84. The van der Waals surface area contributed by atoms with Gasteiger partial charge in [0.2, 0.25) is 23.5 Å². The molecule has 0 aliphatic heterocycles. The smallest absolute Gasteiger partial charge is 0.256 e. The summed E-state index contributed by atoms with van der Waals surface area (Å²) < 4.78 is 94.3. The van der Waals surface area contributed by atoms with Gasteiger partial charge in [-0.25, -0.2) is 70.6 Å². The predicted octanol–water partition coefficient (Wildman–Crippen LogP) is 14.5. The number of aromatic nitrogens is 8. The predicted molar refractivity (Wildman–Crippen MR) is 390 cm³/mol. The van der Waals surface area contributed by atoms with Crippen molar-refractivity contribution in [2.45, 2.75) is 47.0 Å². The van der Waals surface area contributed by atoms with Crippen LogP contribution in [-0.4, -0.2) is 63.5 Å². The molecule has 0 radical (unpaired) electrons. The molecule has 4 aromatic heterocycles. The number of nitrogens with zero attached hydrogens (tertiary/aromatic N) is 8. The number of nitrogens with one attached hydrogen (secondary N) is 4. The molecule has 103 heavy (non-hydrogen) atoms. The van der Waals surface area contributed by atoms with Crippen molar-refractivity contribution >= 4 is 92.2 Å². The van der Waals surface area contributed by atoms with E-state index in [4.69, 9.17) is 22.9 Å². The van der Waals surface area contributed by atoms with Crippen LogP contribution < -0.4 is 44.2 Å². The quantitative estimate of drug-likeness (QED) is 0.0155. The minimum absolute atomic E-state index is 0.0157. The summed E-state index contributed by atoms with van der Waals surface area (Å²) in [6.07, 6.45) is 5.32. The van der Waals surface area contributed by atoms with Gasteiger partial charge in [0.15, 0.2) is 58.2 Å². The van der Waals surface area contributed by atoms with Crippen molar-refractivity contribution in [1.82, 2.24) is 39.9 Å². The topological polar surface area (TPSA) is 324 Å². The maximum atomic E-state index is 13.7. The number of anilines is 8. The van der Waals surface area contributed by atoms with Crippen LogP contribution in [0.25, 0.3) is 45.0 Å². The van der Waals surface area contributed by atoms with Crippen molar-refractivity contribution in [3.63, 3.8) is 0 Å². The molecule has 0 fully saturated rings. The number of halogens is 8. The van der Waals surface area contributed by atoms with E-state index in [9.17, 15) is 49.9 Å². The second-order valence-corrected chi connectivity index (χ2v) is 23.9. The molecular formula is C75H62F7IN16O4. The molecule has 0 spiro atoms. The highest BCUT2D eigenvalue weighted by atomic mass is 127. The highest BCUT2D eigenvalue weighted by Crippen LogP contribution is 2.28. The van der Waals surface area contributed by atoms with Crippen molar-refractivity contribution in [2.75, 3.05) is 44.2 Å². The van der Waals surface area contributed by atoms with Crippen LogP contribution in [0.1, 0.15) is 49.8 Å². The third-order valence-corrected chi connectivity index (χ3v) is 15.6. The Labute approximate surface area is 598 Å². The molecule has 4 amide bonds. The van der Waals surface area contributed by atoms with Gasteiger partial charge in [0, 0.05) is 59.7 Å². The third kappa shape index (κ3) is 20.5. The first-order chi connectivity index (χ1) is 49.2. The lowest BCUT2D eigenvalue weighted by Crippen LogP contribution is -2.19. The second-order valence-electron chi connectivity index (χ2n) is 22.7. The maximum absolute atomic E-state index is 13.7. The molecule has 522 valence electrons. The molecule has 0 aliphatic rings. The summed E-state index contributed by atoms with van der Waals surface area (Å²) in [6, 6.07) is 49.1. The highest BCUT2D eigenvalue weighted by molar-refractivity contribution is 14.1. The summed E-state index contributed by atoms with van der Waals surface area (Å²) in [6.45, 7) is 6.89. The van der Waals surface area contributed by atoms with E-state index in [0.29, 0.717) is 91.8 Å². The summed E-state index contributed by atoms with van der Waals surface area (Å²) in [5.41, 5.74) is 34.2. The largest absolute Gasteiger partial charge is 0.399 e. The normalized spacial score (nSPS) is 10.6. The third-order valence-electron chi connectivity index (χ3n) is 14.9. The Morgan fingerprint density at radius 2 is 0.670 bits per heavy atom. The van der Waals surface area contributed by atoms with Crippen LogP contribution in [0.5, 0.6) is 0 Å². The molecule has 0 atom stereocenters. The van der Waals surface area contributed by atoms with Gasteiger partial charge in [-0.15, -0.1) is 0 Å². The van der Waals surface area contributed by atoms with Gasteiger partial charge in [-0.3, -0.25) is 19.2 Å². The van der Waals surface area contributed by atoms with Crippen molar-refractivity contribution < 1.29 is 49.9 Å². The lowest BCUT2D eigenvalue weighted by Gasteiger charge is -2.10.